The Morgan fingerprint density at radius 2 is 1.67 bits per heavy atom. The van der Waals surface area contributed by atoms with Gasteiger partial charge in [0, 0.05) is 42.4 Å². The number of hydrogen-bond acceptors (Lipinski definition) is 5. The van der Waals surface area contributed by atoms with Gasteiger partial charge in [0.15, 0.2) is 11.0 Å². The summed E-state index contributed by atoms with van der Waals surface area (Å²) in [5, 5.41) is 9.86. The highest BCUT2D eigenvalue weighted by molar-refractivity contribution is 7.98. The van der Waals surface area contributed by atoms with Crippen molar-refractivity contribution in [3.63, 3.8) is 0 Å². The SMILES string of the molecule is Cc1ccccc1-n1c(SCc2ccc(C(=O)N3CCCC3)cc2)nnc1-c1ccncc1. The van der Waals surface area contributed by atoms with Crippen LogP contribution in [0.1, 0.15) is 34.3 Å². The van der Waals surface area contributed by atoms with Crippen LogP contribution in [0.3, 0.4) is 0 Å². The Bertz CT molecular complexity index is 1250. The Balaban J connectivity index is 1.39. The van der Waals surface area contributed by atoms with E-state index in [1.165, 1.54) is 0 Å². The summed E-state index contributed by atoms with van der Waals surface area (Å²) in [6, 6.07) is 20.1. The number of aryl methyl sites for hydroxylation is 1. The second-order valence-corrected chi connectivity index (χ2v) is 9.09. The first-order valence-electron chi connectivity index (χ1n) is 11.1. The summed E-state index contributed by atoms with van der Waals surface area (Å²) in [6.07, 6.45) is 5.74. The van der Waals surface area contributed by atoms with E-state index in [4.69, 9.17) is 0 Å². The monoisotopic (exact) mass is 455 g/mol. The highest BCUT2D eigenvalue weighted by Crippen LogP contribution is 2.31. The fourth-order valence-corrected chi connectivity index (χ4v) is 4.98. The number of likely N-dealkylation sites (tertiary alicyclic amines) is 1. The van der Waals surface area contributed by atoms with Gasteiger partial charge < -0.3 is 4.90 Å². The third-order valence-corrected chi connectivity index (χ3v) is 6.89. The lowest BCUT2D eigenvalue weighted by atomic mass is 10.1. The predicted octanol–water partition coefficient (Wildman–Crippen LogP) is 5.17. The van der Waals surface area contributed by atoms with Crippen LogP contribution < -0.4 is 0 Å². The molecule has 5 rings (SSSR count). The van der Waals surface area contributed by atoms with Gasteiger partial charge >= 0.3 is 0 Å². The van der Waals surface area contributed by atoms with Gasteiger partial charge in [-0.05, 0) is 61.2 Å². The van der Waals surface area contributed by atoms with Gasteiger partial charge in [-0.2, -0.15) is 0 Å². The minimum Gasteiger partial charge on any atom is -0.339 e. The van der Waals surface area contributed by atoms with Gasteiger partial charge in [0.25, 0.3) is 5.91 Å². The van der Waals surface area contributed by atoms with Crippen molar-refractivity contribution in [3.05, 3.63) is 89.7 Å². The van der Waals surface area contributed by atoms with Gasteiger partial charge in [-0.25, -0.2) is 0 Å². The van der Waals surface area contributed by atoms with E-state index < -0.39 is 0 Å². The number of hydrogen-bond donors (Lipinski definition) is 0. The van der Waals surface area contributed by atoms with Crippen LogP contribution in [0, 0.1) is 6.92 Å². The van der Waals surface area contributed by atoms with Crippen molar-refractivity contribution in [2.24, 2.45) is 0 Å². The van der Waals surface area contributed by atoms with Crippen LogP contribution >= 0.6 is 11.8 Å². The highest BCUT2D eigenvalue weighted by Gasteiger charge is 2.20. The van der Waals surface area contributed by atoms with E-state index in [1.54, 1.807) is 24.2 Å². The zero-order chi connectivity index (χ0) is 22.6. The summed E-state index contributed by atoms with van der Waals surface area (Å²) < 4.78 is 2.11. The van der Waals surface area contributed by atoms with E-state index in [0.29, 0.717) is 0 Å². The van der Waals surface area contributed by atoms with E-state index in [0.717, 1.165) is 70.6 Å². The third-order valence-electron chi connectivity index (χ3n) is 5.89. The van der Waals surface area contributed by atoms with E-state index >= 15 is 0 Å². The molecule has 6 nitrogen and oxygen atoms in total. The number of aromatic nitrogens is 4. The number of carbonyl (C=O) groups is 1. The lowest BCUT2D eigenvalue weighted by Crippen LogP contribution is -2.27. The molecule has 1 amide bonds. The van der Waals surface area contributed by atoms with Crippen molar-refractivity contribution in [3.8, 4) is 17.1 Å². The summed E-state index contributed by atoms with van der Waals surface area (Å²) in [6.45, 7) is 3.83. The summed E-state index contributed by atoms with van der Waals surface area (Å²) in [5.74, 6) is 1.66. The van der Waals surface area contributed by atoms with Crippen LogP contribution in [-0.2, 0) is 5.75 Å². The molecule has 1 saturated heterocycles. The number of rotatable bonds is 6. The Kier molecular flexibility index (Phi) is 6.21. The van der Waals surface area contributed by atoms with Gasteiger partial charge in [-0.1, -0.05) is 42.1 Å². The molecule has 0 unspecified atom stereocenters. The standard InChI is InChI=1S/C26H25N5OS/c1-19-6-2-3-7-23(19)31-24(21-12-14-27-15-13-21)28-29-26(31)33-18-20-8-10-22(11-9-20)25(32)30-16-4-5-17-30/h2-3,6-15H,4-5,16-18H2,1H3. The van der Waals surface area contributed by atoms with Gasteiger partial charge in [-0.15, -0.1) is 10.2 Å². The number of thioether (sulfide) groups is 1. The van der Waals surface area contributed by atoms with Gasteiger partial charge in [-0.3, -0.25) is 14.3 Å². The minimum absolute atomic E-state index is 0.132. The fourth-order valence-electron chi connectivity index (χ4n) is 4.08. The lowest BCUT2D eigenvalue weighted by Gasteiger charge is -2.15. The average molecular weight is 456 g/mol. The van der Waals surface area contributed by atoms with Crippen LogP contribution in [-0.4, -0.2) is 43.6 Å². The van der Waals surface area contributed by atoms with Crippen LogP contribution in [0.5, 0.6) is 0 Å². The fraction of sp³-hybridized carbons (Fsp3) is 0.231. The molecule has 0 saturated carbocycles. The zero-order valence-electron chi connectivity index (χ0n) is 18.5. The van der Waals surface area contributed by atoms with Crippen LogP contribution in [0.15, 0.2) is 78.2 Å². The summed E-state index contributed by atoms with van der Waals surface area (Å²) in [5.41, 5.74) is 5.08. The first-order chi connectivity index (χ1) is 16.2. The number of benzene rings is 2. The van der Waals surface area contributed by atoms with Gasteiger partial charge in [0.2, 0.25) is 0 Å². The largest absolute Gasteiger partial charge is 0.339 e. The Hall–Kier alpha value is -3.45. The molecule has 2 aromatic carbocycles. The van der Waals surface area contributed by atoms with Crippen molar-refractivity contribution in [1.82, 2.24) is 24.6 Å². The maximum atomic E-state index is 12.6. The van der Waals surface area contributed by atoms with Crippen LogP contribution in [0.25, 0.3) is 17.1 Å². The van der Waals surface area contributed by atoms with Crippen molar-refractivity contribution in [1.29, 1.82) is 0 Å². The lowest BCUT2D eigenvalue weighted by molar-refractivity contribution is 0.0793. The van der Waals surface area contributed by atoms with Crippen LogP contribution in [0.2, 0.25) is 0 Å². The number of nitrogens with zero attached hydrogens (tertiary/aromatic N) is 5. The Labute approximate surface area is 197 Å². The molecule has 33 heavy (non-hydrogen) atoms. The predicted molar refractivity (Wildman–Crippen MR) is 130 cm³/mol. The first kappa shape index (κ1) is 21.4. The molecule has 0 bridgehead atoms. The van der Waals surface area contributed by atoms with Crippen molar-refractivity contribution < 1.29 is 4.79 Å². The maximum absolute atomic E-state index is 12.6. The molecule has 0 spiro atoms. The van der Waals surface area contributed by atoms with Crippen LogP contribution in [0.4, 0.5) is 0 Å². The molecule has 1 aliphatic rings. The number of para-hydroxylation sites is 1. The number of amides is 1. The average Bonchev–Trinajstić information content (AvgIpc) is 3.54. The molecule has 1 fully saturated rings. The molecule has 0 atom stereocenters. The quantitative estimate of drug-likeness (QED) is 0.376. The number of carbonyl (C=O) groups excluding carboxylic acids is 1. The zero-order valence-corrected chi connectivity index (χ0v) is 19.3. The van der Waals surface area contributed by atoms with Crippen molar-refractivity contribution >= 4 is 17.7 Å². The van der Waals surface area contributed by atoms with Crippen molar-refractivity contribution in [2.75, 3.05) is 13.1 Å². The van der Waals surface area contributed by atoms with Gasteiger partial charge in [0.1, 0.15) is 0 Å². The number of pyridine rings is 1. The van der Waals surface area contributed by atoms with E-state index in [1.807, 2.05) is 53.4 Å². The maximum Gasteiger partial charge on any atom is 0.253 e. The molecule has 1 aliphatic heterocycles. The summed E-state index contributed by atoms with van der Waals surface area (Å²) in [7, 11) is 0. The molecule has 4 aromatic rings. The second-order valence-electron chi connectivity index (χ2n) is 8.15. The van der Waals surface area contributed by atoms with Gasteiger partial charge in [0.05, 0.1) is 5.69 Å². The molecule has 0 N–H and O–H groups in total. The Morgan fingerprint density at radius 3 is 2.39 bits per heavy atom. The van der Waals surface area contributed by atoms with E-state index in [-0.39, 0.29) is 5.91 Å². The summed E-state index contributed by atoms with van der Waals surface area (Å²) in [4.78, 5) is 18.7. The second kappa shape index (κ2) is 9.58. The molecule has 7 heteroatoms. The Morgan fingerprint density at radius 1 is 0.939 bits per heavy atom. The summed E-state index contributed by atoms with van der Waals surface area (Å²) >= 11 is 1.64. The molecule has 2 aromatic heterocycles. The first-order valence-corrected chi connectivity index (χ1v) is 12.1. The molecular weight excluding hydrogens is 430 g/mol. The van der Waals surface area contributed by atoms with Crippen molar-refractivity contribution in [2.45, 2.75) is 30.7 Å². The van der Waals surface area contributed by atoms with E-state index in [2.05, 4.69) is 38.8 Å². The molecular formula is C26H25N5OS. The minimum atomic E-state index is 0.132. The molecule has 3 heterocycles. The third kappa shape index (κ3) is 4.54. The molecule has 0 radical (unpaired) electrons. The normalized spacial score (nSPS) is 13.4. The van der Waals surface area contributed by atoms with E-state index in [9.17, 15) is 4.79 Å². The topological polar surface area (TPSA) is 63.9 Å². The highest BCUT2D eigenvalue weighted by atomic mass is 32.2. The molecule has 166 valence electrons. The molecule has 0 aliphatic carbocycles. The smallest absolute Gasteiger partial charge is 0.253 e.